The molecule has 7 nitrogen and oxygen atoms in total. The third kappa shape index (κ3) is 4.33. The molecule has 3 rings (SSSR count). The van der Waals surface area contributed by atoms with Crippen LogP contribution in [-0.4, -0.2) is 28.5 Å². The van der Waals surface area contributed by atoms with Crippen LogP contribution >= 0.6 is 0 Å². The molecule has 0 aliphatic heterocycles. The fraction of sp³-hybridized carbons (Fsp3) is 0.0952. The summed E-state index contributed by atoms with van der Waals surface area (Å²) < 4.78 is 38.3. The number of hydrogen-bond donors (Lipinski definition) is 1. The molecule has 0 fully saturated rings. The van der Waals surface area contributed by atoms with E-state index >= 15 is 0 Å². The van der Waals surface area contributed by atoms with Gasteiger partial charge in [0.2, 0.25) is 0 Å². The molecule has 0 aromatic heterocycles. The molecule has 150 valence electrons. The summed E-state index contributed by atoms with van der Waals surface area (Å²) in [4.78, 5) is 12.6. The van der Waals surface area contributed by atoms with Crippen LogP contribution < -0.4 is 19.3 Å². The van der Waals surface area contributed by atoms with Crippen LogP contribution in [0.15, 0.2) is 83.8 Å². The normalized spacial score (nSPS) is 10.8. The lowest BCUT2D eigenvalue weighted by molar-refractivity contribution is 0.0955. The standard InChI is InChI=1S/C21H20N2O5S/c1-27-18-13-14-19(28-2)20(15-18)29(25,26)23(17-11-7-4-8-12-17)22-21(24)16-9-5-3-6-10-16/h3-15H,1-2H3,(H,22,24). The molecular formula is C21H20N2O5S. The minimum Gasteiger partial charge on any atom is -0.497 e. The van der Waals surface area contributed by atoms with Gasteiger partial charge in [-0.05, 0) is 36.4 Å². The smallest absolute Gasteiger partial charge is 0.285 e. The second-order valence-electron chi connectivity index (χ2n) is 5.93. The van der Waals surface area contributed by atoms with Crippen molar-refractivity contribution in [2.45, 2.75) is 4.90 Å². The van der Waals surface area contributed by atoms with Gasteiger partial charge in [0.1, 0.15) is 16.4 Å². The van der Waals surface area contributed by atoms with E-state index in [0.717, 1.165) is 4.41 Å². The van der Waals surface area contributed by atoms with E-state index in [1.165, 1.54) is 26.4 Å². The lowest BCUT2D eigenvalue weighted by atomic mass is 10.2. The van der Waals surface area contributed by atoms with E-state index in [1.54, 1.807) is 66.7 Å². The highest BCUT2D eigenvalue weighted by Crippen LogP contribution is 2.32. The number of sulfonamides is 1. The Bertz CT molecular complexity index is 1090. The van der Waals surface area contributed by atoms with Crippen LogP contribution in [0.25, 0.3) is 0 Å². The maximum absolute atomic E-state index is 13.5. The number of ether oxygens (including phenoxy) is 2. The van der Waals surface area contributed by atoms with Crippen molar-refractivity contribution in [1.29, 1.82) is 0 Å². The first-order chi connectivity index (χ1) is 14.0. The zero-order valence-corrected chi connectivity index (χ0v) is 16.7. The first-order valence-electron chi connectivity index (χ1n) is 8.66. The highest BCUT2D eigenvalue weighted by atomic mass is 32.2. The third-order valence-electron chi connectivity index (χ3n) is 4.12. The molecule has 0 saturated carbocycles. The predicted octanol–water partition coefficient (Wildman–Crippen LogP) is 3.24. The van der Waals surface area contributed by atoms with Gasteiger partial charge in [0.15, 0.2) is 0 Å². The zero-order chi connectivity index (χ0) is 20.9. The number of hydrogen-bond acceptors (Lipinski definition) is 5. The number of benzene rings is 3. The quantitative estimate of drug-likeness (QED) is 0.602. The average molecular weight is 412 g/mol. The van der Waals surface area contributed by atoms with Crippen LogP contribution in [0.2, 0.25) is 0 Å². The summed E-state index contributed by atoms with van der Waals surface area (Å²) in [5.74, 6) is -0.104. The summed E-state index contributed by atoms with van der Waals surface area (Å²) >= 11 is 0. The second-order valence-corrected chi connectivity index (χ2v) is 7.68. The number of nitrogens with zero attached hydrogens (tertiary/aromatic N) is 1. The summed E-state index contributed by atoms with van der Waals surface area (Å²) in [6.45, 7) is 0. The van der Waals surface area contributed by atoms with Crippen molar-refractivity contribution in [3.8, 4) is 11.5 Å². The number of nitrogens with one attached hydrogen (secondary N) is 1. The first kappa shape index (κ1) is 20.2. The Hall–Kier alpha value is -3.52. The monoisotopic (exact) mass is 412 g/mol. The molecule has 29 heavy (non-hydrogen) atoms. The van der Waals surface area contributed by atoms with Crippen LogP contribution in [0.1, 0.15) is 10.4 Å². The van der Waals surface area contributed by atoms with Crippen LogP contribution in [0, 0.1) is 0 Å². The van der Waals surface area contributed by atoms with Gasteiger partial charge >= 0.3 is 0 Å². The Morgan fingerprint density at radius 1 is 0.862 bits per heavy atom. The molecule has 3 aromatic carbocycles. The predicted molar refractivity (Wildman–Crippen MR) is 110 cm³/mol. The van der Waals surface area contributed by atoms with Crippen molar-refractivity contribution in [3.63, 3.8) is 0 Å². The van der Waals surface area contributed by atoms with Gasteiger partial charge in [-0.1, -0.05) is 36.4 Å². The minimum absolute atomic E-state index is 0.126. The maximum Gasteiger partial charge on any atom is 0.285 e. The highest BCUT2D eigenvalue weighted by molar-refractivity contribution is 7.92. The van der Waals surface area contributed by atoms with Crippen molar-refractivity contribution >= 4 is 21.6 Å². The van der Waals surface area contributed by atoms with E-state index in [-0.39, 0.29) is 16.3 Å². The summed E-state index contributed by atoms with van der Waals surface area (Å²) in [6.07, 6.45) is 0. The van der Waals surface area contributed by atoms with Gasteiger partial charge in [0.25, 0.3) is 15.9 Å². The number of hydrazine groups is 1. The van der Waals surface area contributed by atoms with E-state index < -0.39 is 15.9 Å². The number of para-hydroxylation sites is 1. The molecule has 8 heteroatoms. The molecule has 1 N–H and O–H groups in total. The molecule has 0 aliphatic rings. The van der Waals surface area contributed by atoms with Crippen molar-refractivity contribution in [1.82, 2.24) is 5.43 Å². The van der Waals surface area contributed by atoms with Crippen molar-refractivity contribution in [2.24, 2.45) is 0 Å². The maximum atomic E-state index is 13.5. The van der Waals surface area contributed by atoms with Crippen molar-refractivity contribution in [3.05, 3.63) is 84.4 Å². The third-order valence-corrected chi connectivity index (χ3v) is 5.78. The molecule has 3 aromatic rings. The number of anilines is 1. The number of rotatable bonds is 7. The molecule has 0 aliphatic carbocycles. The molecule has 1 amide bonds. The molecule has 0 heterocycles. The fourth-order valence-electron chi connectivity index (χ4n) is 2.66. The Morgan fingerprint density at radius 2 is 1.48 bits per heavy atom. The van der Waals surface area contributed by atoms with Gasteiger partial charge in [-0.2, -0.15) is 12.8 Å². The number of carbonyl (C=O) groups excluding carboxylic acids is 1. The number of methoxy groups -OCH3 is 2. The molecular weight excluding hydrogens is 392 g/mol. The van der Waals surface area contributed by atoms with E-state index in [2.05, 4.69) is 5.43 Å². The second kappa shape index (κ2) is 8.66. The molecule has 0 bridgehead atoms. The minimum atomic E-state index is -4.24. The van der Waals surface area contributed by atoms with Gasteiger partial charge in [0, 0.05) is 11.6 Å². The van der Waals surface area contributed by atoms with E-state index in [1.807, 2.05) is 0 Å². The Labute approximate surface area is 169 Å². The van der Waals surface area contributed by atoms with Crippen molar-refractivity contribution in [2.75, 3.05) is 18.6 Å². The van der Waals surface area contributed by atoms with Gasteiger partial charge < -0.3 is 9.47 Å². The van der Waals surface area contributed by atoms with E-state index in [0.29, 0.717) is 11.3 Å². The Balaban J connectivity index is 2.10. The van der Waals surface area contributed by atoms with Crippen LogP contribution in [0.3, 0.4) is 0 Å². The Morgan fingerprint density at radius 3 is 2.07 bits per heavy atom. The summed E-state index contributed by atoms with van der Waals surface area (Å²) in [7, 11) is -1.43. The topological polar surface area (TPSA) is 84.9 Å². The fourth-order valence-corrected chi connectivity index (χ4v) is 4.13. The van der Waals surface area contributed by atoms with Crippen molar-refractivity contribution < 1.29 is 22.7 Å². The van der Waals surface area contributed by atoms with Crippen LogP contribution in [-0.2, 0) is 10.0 Å². The van der Waals surface area contributed by atoms with Gasteiger partial charge in [0.05, 0.1) is 19.9 Å². The lowest BCUT2D eigenvalue weighted by Crippen LogP contribution is -2.46. The van der Waals surface area contributed by atoms with Gasteiger partial charge in [-0.3, -0.25) is 4.79 Å². The lowest BCUT2D eigenvalue weighted by Gasteiger charge is -2.25. The van der Waals surface area contributed by atoms with E-state index in [9.17, 15) is 13.2 Å². The average Bonchev–Trinajstić information content (AvgIpc) is 2.77. The molecule has 0 unspecified atom stereocenters. The molecule has 0 spiro atoms. The van der Waals surface area contributed by atoms with Crippen LogP contribution in [0.5, 0.6) is 11.5 Å². The molecule has 0 saturated heterocycles. The van der Waals surface area contributed by atoms with E-state index in [4.69, 9.17) is 9.47 Å². The summed E-state index contributed by atoms with van der Waals surface area (Å²) in [5.41, 5.74) is 3.07. The summed E-state index contributed by atoms with van der Waals surface area (Å²) in [5, 5.41) is 0. The number of amides is 1. The Kier molecular flexibility index (Phi) is 6.04. The molecule has 0 radical (unpaired) electrons. The summed E-state index contributed by atoms with van der Waals surface area (Å²) in [6, 6.07) is 21.0. The van der Waals surface area contributed by atoms with Crippen LogP contribution in [0.4, 0.5) is 5.69 Å². The van der Waals surface area contributed by atoms with Gasteiger partial charge in [-0.15, -0.1) is 0 Å². The zero-order valence-electron chi connectivity index (χ0n) is 15.9. The van der Waals surface area contributed by atoms with Gasteiger partial charge in [-0.25, -0.2) is 5.43 Å². The highest BCUT2D eigenvalue weighted by Gasteiger charge is 2.30. The first-order valence-corrected chi connectivity index (χ1v) is 10.1. The SMILES string of the molecule is COc1ccc(OC)c(S(=O)(=O)N(NC(=O)c2ccccc2)c2ccccc2)c1. The number of carbonyl (C=O) groups is 1. The largest absolute Gasteiger partial charge is 0.497 e. The molecule has 0 atom stereocenters.